The third-order valence-electron chi connectivity index (χ3n) is 4.74. The Morgan fingerprint density at radius 2 is 1.82 bits per heavy atom. The third-order valence-corrected chi connectivity index (χ3v) is 4.74. The van der Waals surface area contributed by atoms with Gasteiger partial charge in [0.1, 0.15) is 6.04 Å². The molecule has 1 saturated heterocycles. The number of benzene rings is 1. The zero-order valence-electron chi connectivity index (χ0n) is 16.4. The molecule has 0 aliphatic carbocycles. The number of hydrogen-bond donors (Lipinski definition) is 2. The average Bonchev–Trinajstić information content (AvgIpc) is 3.08. The zero-order valence-corrected chi connectivity index (χ0v) is 17.2. The van der Waals surface area contributed by atoms with Gasteiger partial charge in [0.2, 0.25) is 5.91 Å². The number of carbonyl (C=O) groups is 2. The largest absolute Gasteiger partial charge is 0.337 e. The first-order chi connectivity index (χ1) is 13.0. The standard InChI is InChI=1S/C19H26N6O2.ClH/c1-14-5-4-6-16(11-14)22-19(27)25-9-7-24(8-10-25)18(26)17(20-2)15-12-21-23(3)13-15;/h4-6,11-13,17,20H,7-10H2,1-3H3,(H,22,27);1H. The van der Waals surface area contributed by atoms with Crippen LogP contribution in [0.3, 0.4) is 0 Å². The Labute approximate surface area is 171 Å². The van der Waals surface area contributed by atoms with Crippen LogP contribution in [0.1, 0.15) is 17.2 Å². The molecule has 28 heavy (non-hydrogen) atoms. The van der Waals surface area contributed by atoms with Crippen LogP contribution >= 0.6 is 12.4 Å². The highest BCUT2D eigenvalue weighted by Gasteiger charge is 2.29. The number of aryl methyl sites for hydroxylation is 2. The average molecular weight is 407 g/mol. The number of rotatable bonds is 4. The summed E-state index contributed by atoms with van der Waals surface area (Å²) >= 11 is 0. The Kier molecular flexibility index (Phi) is 7.42. The van der Waals surface area contributed by atoms with Crippen LogP contribution in [0, 0.1) is 6.92 Å². The SMILES string of the molecule is CNC(C(=O)N1CCN(C(=O)Nc2cccc(C)c2)CC1)c1cnn(C)c1.Cl. The van der Waals surface area contributed by atoms with E-state index in [0.29, 0.717) is 26.2 Å². The number of carbonyl (C=O) groups excluding carboxylic acids is 2. The number of aromatic nitrogens is 2. The van der Waals surface area contributed by atoms with E-state index in [1.165, 1.54) is 0 Å². The van der Waals surface area contributed by atoms with Crippen molar-refractivity contribution in [1.29, 1.82) is 0 Å². The lowest BCUT2D eigenvalue weighted by Crippen LogP contribution is -2.53. The van der Waals surface area contributed by atoms with Gasteiger partial charge in [-0.15, -0.1) is 12.4 Å². The second-order valence-corrected chi connectivity index (χ2v) is 6.78. The Hall–Kier alpha value is -2.58. The Balaban J connectivity index is 0.00000280. The van der Waals surface area contributed by atoms with E-state index in [2.05, 4.69) is 15.7 Å². The predicted octanol–water partition coefficient (Wildman–Crippen LogP) is 1.79. The third kappa shape index (κ3) is 5.02. The Bertz CT molecular complexity index is 816. The minimum Gasteiger partial charge on any atom is -0.337 e. The summed E-state index contributed by atoms with van der Waals surface area (Å²) < 4.78 is 1.68. The fourth-order valence-corrected chi connectivity index (χ4v) is 3.26. The van der Waals surface area contributed by atoms with Gasteiger partial charge in [0.05, 0.1) is 6.20 Å². The normalized spacial score (nSPS) is 15.0. The minimum atomic E-state index is -0.425. The second-order valence-electron chi connectivity index (χ2n) is 6.78. The smallest absolute Gasteiger partial charge is 0.321 e. The number of piperazine rings is 1. The molecule has 8 nitrogen and oxygen atoms in total. The van der Waals surface area contributed by atoms with E-state index in [1.807, 2.05) is 44.4 Å². The second kappa shape index (κ2) is 9.57. The number of hydrogen-bond acceptors (Lipinski definition) is 4. The van der Waals surface area contributed by atoms with E-state index < -0.39 is 6.04 Å². The molecular formula is C19H27ClN6O2. The molecule has 1 fully saturated rings. The summed E-state index contributed by atoms with van der Waals surface area (Å²) in [5.41, 5.74) is 2.71. The van der Waals surface area contributed by atoms with E-state index >= 15 is 0 Å². The van der Waals surface area contributed by atoms with E-state index in [1.54, 1.807) is 27.7 Å². The number of nitrogens with one attached hydrogen (secondary N) is 2. The zero-order chi connectivity index (χ0) is 19.4. The first-order valence-corrected chi connectivity index (χ1v) is 9.05. The lowest BCUT2D eigenvalue weighted by Gasteiger charge is -2.36. The molecule has 0 saturated carbocycles. The summed E-state index contributed by atoms with van der Waals surface area (Å²) in [6.45, 7) is 4.03. The topological polar surface area (TPSA) is 82.5 Å². The number of amides is 3. The monoisotopic (exact) mass is 406 g/mol. The summed E-state index contributed by atoms with van der Waals surface area (Å²) in [5.74, 6) is 0.00393. The quantitative estimate of drug-likeness (QED) is 0.810. The molecule has 1 atom stereocenters. The van der Waals surface area contributed by atoms with Crippen molar-refractivity contribution < 1.29 is 9.59 Å². The van der Waals surface area contributed by atoms with Gasteiger partial charge >= 0.3 is 6.03 Å². The first kappa shape index (κ1) is 21.7. The molecule has 2 N–H and O–H groups in total. The van der Waals surface area contributed by atoms with Crippen molar-refractivity contribution in [3.63, 3.8) is 0 Å². The summed E-state index contributed by atoms with van der Waals surface area (Å²) in [6.07, 6.45) is 3.54. The molecule has 2 aromatic rings. The lowest BCUT2D eigenvalue weighted by molar-refractivity contribution is -0.134. The number of halogens is 1. The molecule has 1 aromatic heterocycles. The van der Waals surface area contributed by atoms with Crippen molar-refractivity contribution >= 4 is 30.0 Å². The summed E-state index contributed by atoms with van der Waals surface area (Å²) in [7, 11) is 3.59. The first-order valence-electron chi connectivity index (χ1n) is 9.05. The highest BCUT2D eigenvalue weighted by atomic mass is 35.5. The van der Waals surface area contributed by atoms with Crippen LogP contribution in [0.4, 0.5) is 10.5 Å². The van der Waals surface area contributed by atoms with Crippen molar-refractivity contribution in [2.45, 2.75) is 13.0 Å². The summed E-state index contributed by atoms with van der Waals surface area (Å²) in [5, 5.41) is 10.1. The van der Waals surface area contributed by atoms with Gasteiger partial charge in [-0.3, -0.25) is 9.48 Å². The molecule has 0 radical (unpaired) electrons. The summed E-state index contributed by atoms with van der Waals surface area (Å²) in [6, 6.07) is 7.15. The van der Waals surface area contributed by atoms with Gasteiger partial charge in [0.15, 0.2) is 0 Å². The molecule has 0 bridgehead atoms. The molecular weight excluding hydrogens is 380 g/mol. The van der Waals surface area contributed by atoms with Crippen molar-refractivity contribution in [3.8, 4) is 0 Å². The van der Waals surface area contributed by atoms with Crippen LogP contribution in [0.2, 0.25) is 0 Å². The number of nitrogens with zero attached hydrogens (tertiary/aromatic N) is 4. The van der Waals surface area contributed by atoms with Crippen LogP contribution in [-0.2, 0) is 11.8 Å². The van der Waals surface area contributed by atoms with Gasteiger partial charge in [0.25, 0.3) is 0 Å². The fraction of sp³-hybridized carbons (Fsp3) is 0.421. The molecule has 152 valence electrons. The number of urea groups is 1. The molecule has 3 rings (SSSR count). The van der Waals surface area contributed by atoms with Crippen LogP contribution in [-0.4, -0.2) is 64.7 Å². The van der Waals surface area contributed by atoms with Gasteiger partial charge in [-0.25, -0.2) is 4.79 Å². The van der Waals surface area contributed by atoms with Crippen LogP contribution in [0.25, 0.3) is 0 Å². The van der Waals surface area contributed by atoms with Crippen molar-refractivity contribution in [2.24, 2.45) is 7.05 Å². The molecule has 9 heteroatoms. The van der Waals surface area contributed by atoms with Crippen LogP contribution in [0.15, 0.2) is 36.7 Å². The molecule has 1 aliphatic heterocycles. The maximum atomic E-state index is 12.9. The number of anilines is 1. The highest BCUT2D eigenvalue weighted by molar-refractivity contribution is 5.90. The van der Waals surface area contributed by atoms with Gasteiger partial charge in [0, 0.05) is 50.7 Å². The van der Waals surface area contributed by atoms with Gasteiger partial charge in [-0.1, -0.05) is 12.1 Å². The Morgan fingerprint density at radius 1 is 1.14 bits per heavy atom. The van der Waals surface area contributed by atoms with E-state index in [4.69, 9.17) is 0 Å². The molecule has 1 unspecified atom stereocenters. The van der Waals surface area contributed by atoms with Gasteiger partial charge in [-0.2, -0.15) is 5.10 Å². The molecule has 1 aromatic carbocycles. The van der Waals surface area contributed by atoms with Crippen molar-refractivity contribution in [1.82, 2.24) is 24.9 Å². The van der Waals surface area contributed by atoms with Crippen LogP contribution < -0.4 is 10.6 Å². The molecule has 3 amide bonds. The summed E-state index contributed by atoms with van der Waals surface area (Å²) in [4.78, 5) is 28.8. The fourth-order valence-electron chi connectivity index (χ4n) is 3.26. The maximum absolute atomic E-state index is 12.9. The van der Waals surface area contributed by atoms with E-state index in [-0.39, 0.29) is 24.3 Å². The lowest BCUT2D eigenvalue weighted by atomic mass is 10.1. The van der Waals surface area contributed by atoms with Gasteiger partial charge in [-0.05, 0) is 31.7 Å². The van der Waals surface area contributed by atoms with Crippen molar-refractivity contribution in [3.05, 3.63) is 47.8 Å². The number of likely N-dealkylation sites (N-methyl/N-ethyl adjacent to an activating group) is 1. The maximum Gasteiger partial charge on any atom is 0.321 e. The van der Waals surface area contributed by atoms with E-state index in [9.17, 15) is 9.59 Å². The van der Waals surface area contributed by atoms with E-state index in [0.717, 1.165) is 16.8 Å². The Morgan fingerprint density at radius 3 is 2.39 bits per heavy atom. The highest BCUT2D eigenvalue weighted by Crippen LogP contribution is 2.17. The molecule has 1 aliphatic rings. The molecule has 0 spiro atoms. The van der Waals surface area contributed by atoms with Gasteiger partial charge < -0.3 is 20.4 Å². The van der Waals surface area contributed by atoms with Crippen LogP contribution in [0.5, 0.6) is 0 Å². The molecule has 2 heterocycles. The minimum absolute atomic E-state index is 0. The predicted molar refractivity (Wildman–Crippen MR) is 111 cm³/mol. The van der Waals surface area contributed by atoms with Crippen molar-refractivity contribution in [2.75, 3.05) is 38.5 Å².